The van der Waals surface area contributed by atoms with Crippen LogP contribution < -0.4 is 5.32 Å². The summed E-state index contributed by atoms with van der Waals surface area (Å²) in [6, 6.07) is 10.1. The van der Waals surface area contributed by atoms with E-state index in [4.69, 9.17) is 0 Å². The highest BCUT2D eigenvalue weighted by Gasteiger charge is 2.00. The monoisotopic (exact) mass is 231 g/mol. The number of allylic oxidation sites excluding steroid dienone is 2. The molecule has 0 bridgehead atoms. The largest absolute Gasteiger partial charge is 0.356 e. The van der Waals surface area contributed by atoms with Crippen molar-refractivity contribution < 1.29 is 4.79 Å². The number of carbonyl (C=O) groups is 1. The predicted octanol–water partition coefficient (Wildman–Crippen LogP) is 3.09. The van der Waals surface area contributed by atoms with Crippen molar-refractivity contribution in [3.05, 3.63) is 48.0 Å². The van der Waals surface area contributed by atoms with Crippen LogP contribution in [0.15, 0.2) is 42.5 Å². The number of unbranched alkanes of at least 4 members (excludes halogenated alkanes) is 1. The SMILES string of the molecule is C/C=C/CCCNC(=O)CCc1ccccc1. The molecular weight excluding hydrogens is 210 g/mol. The van der Waals surface area contributed by atoms with E-state index in [1.54, 1.807) is 0 Å². The first kappa shape index (κ1) is 13.5. The molecule has 2 nitrogen and oxygen atoms in total. The zero-order chi connectivity index (χ0) is 12.3. The molecule has 1 aromatic carbocycles. The Morgan fingerprint density at radius 1 is 1.29 bits per heavy atom. The minimum absolute atomic E-state index is 0.148. The Labute approximate surface area is 104 Å². The number of hydrogen-bond donors (Lipinski definition) is 1. The van der Waals surface area contributed by atoms with Gasteiger partial charge in [-0.15, -0.1) is 0 Å². The highest BCUT2D eigenvalue weighted by molar-refractivity contribution is 5.76. The average molecular weight is 231 g/mol. The summed E-state index contributed by atoms with van der Waals surface area (Å²) < 4.78 is 0. The molecule has 0 atom stereocenters. The summed E-state index contributed by atoms with van der Waals surface area (Å²) in [6.07, 6.45) is 7.61. The van der Waals surface area contributed by atoms with Gasteiger partial charge >= 0.3 is 0 Å². The molecule has 1 aromatic rings. The molecule has 0 fully saturated rings. The normalized spacial score (nSPS) is 10.6. The van der Waals surface area contributed by atoms with Crippen LogP contribution in [0.4, 0.5) is 0 Å². The predicted molar refractivity (Wildman–Crippen MR) is 71.8 cm³/mol. The fourth-order valence-electron chi connectivity index (χ4n) is 1.61. The van der Waals surface area contributed by atoms with Gasteiger partial charge in [-0.2, -0.15) is 0 Å². The summed E-state index contributed by atoms with van der Waals surface area (Å²) in [4.78, 5) is 11.5. The van der Waals surface area contributed by atoms with Gasteiger partial charge in [0.25, 0.3) is 0 Å². The molecule has 1 amide bonds. The molecule has 0 spiro atoms. The highest BCUT2D eigenvalue weighted by Crippen LogP contribution is 2.02. The maximum absolute atomic E-state index is 11.5. The van der Waals surface area contributed by atoms with E-state index < -0.39 is 0 Å². The van der Waals surface area contributed by atoms with E-state index in [0.29, 0.717) is 6.42 Å². The topological polar surface area (TPSA) is 29.1 Å². The van der Waals surface area contributed by atoms with E-state index in [-0.39, 0.29) is 5.91 Å². The summed E-state index contributed by atoms with van der Waals surface area (Å²) in [6.45, 7) is 2.79. The first-order valence-corrected chi connectivity index (χ1v) is 6.24. The van der Waals surface area contributed by atoms with Crippen molar-refractivity contribution >= 4 is 5.91 Å². The van der Waals surface area contributed by atoms with Crippen LogP contribution in [0.1, 0.15) is 31.7 Å². The maximum atomic E-state index is 11.5. The van der Waals surface area contributed by atoms with E-state index in [1.807, 2.05) is 31.2 Å². The van der Waals surface area contributed by atoms with Crippen LogP contribution in [0.25, 0.3) is 0 Å². The molecule has 0 aliphatic heterocycles. The Morgan fingerprint density at radius 2 is 2.06 bits per heavy atom. The fraction of sp³-hybridized carbons (Fsp3) is 0.400. The number of benzene rings is 1. The molecule has 0 aliphatic rings. The highest BCUT2D eigenvalue weighted by atomic mass is 16.1. The van der Waals surface area contributed by atoms with Crippen LogP contribution in [-0.4, -0.2) is 12.5 Å². The molecule has 0 heterocycles. The standard InChI is InChI=1S/C15H21NO/c1-2-3-4-8-13-16-15(17)12-11-14-9-6-5-7-10-14/h2-3,5-7,9-10H,4,8,11-13H2,1H3,(H,16,17)/b3-2+. The molecule has 92 valence electrons. The summed E-state index contributed by atoms with van der Waals surface area (Å²) in [7, 11) is 0. The van der Waals surface area contributed by atoms with Crippen LogP contribution in [0.3, 0.4) is 0 Å². The van der Waals surface area contributed by atoms with Crippen molar-refractivity contribution in [1.82, 2.24) is 5.32 Å². The first-order valence-electron chi connectivity index (χ1n) is 6.24. The number of aryl methyl sites for hydroxylation is 1. The third-order valence-electron chi connectivity index (χ3n) is 2.59. The maximum Gasteiger partial charge on any atom is 0.220 e. The first-order chi connectivity index (χ1) is 8.33. The molecular formula is C15H21NO. The van der Waals surface area contributed by atoms with Gasteiger partial charge in [0.15, 0.2) is 0 Å². The number of carbonyl (C=O) groups excluding carboxylic acids is 1. The van der Waals surface area contributed by atoms with Gasteiger partial charge < -0.3 is 5.32 Å². The lowest BCUT2D eigenvalue weighted by molar-refractivity contribution is -0.121. The second-order valence-electron chi connectivity index (χ2n) is 4.05. The van der Waals surface area contributed by atoms with Gasteiger partial charge in [-0.1, -0.05) is 42.5 Å². The lowest BCUT2D eigenvalue weighted by Crippen LogP contribution is -2.24. The molecule has 2 heteroatoms. The van der Waals surface area contributed by atoms with Crippen molar-refractivity contribution in [3.63, 3.8) is 0 Å². The van der Waals surface area contributed by atoms with Gasteiger partial charge in [-0.05, 0) is 31.7 Å². The van der Waals surface area contributed by atoms with Crippen LogP contribution in [0.2, 0.25) is 0 Å². The molecule has 0 aliphatic carbocycles. The smallest absolute Gasteiger partial charge is 0.220 e. The van der Waals surface area contributed by atoms with Gasteiger partial charge in [0.2, 0.25) is 5.91 Å². The fourth-order valence-corrected chi connectivity index (χ4v) is 1.61. The third kappa shape index (κ3) is 6.56. The summed E-state index contributed by atoms with van der Waals surface area (Å²) in [5.74, 6) is 0.148. The van der Waals surface area contributed by atoms with E-state index >= 15 is 0 Å². The molecule has 0 aromatic heterocycles. The van der Waals surface area contributed by atoms with Crippen LogP contribution in [-0.2, 0) is 11.2 Å². The molecule has 17 heavy (non-hydrogen) atoms. The van der Waals surface area contributed by atoms with E-state index in [1.165, 1.54) is 5.56 Å². The van der Waals surface area contributed by atoms with E-state index in [2.05, 4.69) is 23.5 Å². The molecule has 1 N–H and O–H groups in total. The number of hydrogen-bond acceptors (Lipinski definition) is 1. The second kappa shape index (κ2) is 8.57. The molecule has 0 unspecified atom stereocenters. The zero-order valence-electron chi connectivity index (χ0n) is 10.5. The van der Waals surface area contributed by atoms with E-state index in [9.17, 15) is 4.79 Å². The van der Waals surface area contributed by atoms with Crippen molar-refractivity contribution in [2.24, 2.45) is 0 Å². The van der Waals surface area contributed by atoms with Gasteiger partial charge in [0.1, 0.15) is 0 Å². The number of amides is 1. The Morgan fingerprint density at radius 3 is 2.76 bits per heavy atom. The zero-order valence-corrected chi connectivity index (χ0v) is 10.5. The van der Waals surface area contributed by atoms with Crippen molar-refractivity contribution in [2.75, 3.05) is 6.54 Å². The molecule has 0 saturated heterocycles. The van der Waals surface area contributed by atoms with Gasteiger partial charge in [0, 0.05) is 13.0 Å². The Bertz CT molecular complexity index is 343. The van der Waals surface area contributed by atoms with E-state index in [0.717, 1.165) is 25.8 Å². The minimum Gasteiger partial charge on any atom is -0.356 e. The molecule has 0 radical (unpaired) electrons. The van der Waals surface area contributed by atoms with Crippen molar-refractivity contribution in [1.29, 1.82) is 0 Å². The second-order valence-corrected chi connectivity index (χ2v) is 4.05. The number of nitrogens with one attached hydrogen (secondary N) is 1. The van der Waals surface area contributed by atoms with Gasteiger partial charge in [-0.3, -0.25) is 4.79 Å². The Kier molecular flexibility index (Phi) is 6.80. The van der Waals surface area contributed by atoms with Gasteiger partial charge in [0.05, 0.1) is 0 Å². The third-order valence-corrected chi connectivity index (χ3v) is 2.59. The van der Waals surface area contributed by atoms with Crippen LogP contribution in [0.5, 0.6) is 0 Å². The molecule has 1 rings (SSSR count). The van der Waals surface area contributed by atoms with Gasteiger partial charge in [-0.25, -0.2) is 0 Å². The van der Waals surface area contributed by atoms with Crippen LogP contribution in [0, 0.1) is 0 Å². The summed E-state index contributed by atoms with van der Waals surface area (Å²) in [5.41, 5.74) is 1.22. The number of rotatable bonds is 7. The molecule has 0 saturated carbocycles. The minimum atomic E-state index is 0.148. The van der Waals surface area contributed by atoms with Crippen molar-refractivity contribution in [2.45, 2.75) is 32.6 Å². The van der Waals surface area contributed by atoms with Crippen LogP contribution >= 0.6 is 0 Å². The van der Waals surface area contributed by atoms with Crippen molar-refractivity contribution in [3.8, 4) is 0 Å². The Hall–Kier alpha value is -1.57. The summed E-state index contributed by atoms with van der Waals surface area (Å²) >= 11 is 0. The quantitative estimate of drug-likeness (QED) is 0.567. The Balaban J connectivity index is 2.09. The summed E-state index contributed by atoms with van der Waals surface area (Å²) in [5, 5.41) is 2.94. The average Bonchev–Trinajstić information content (AvgIpc) is 2.37. The lowest BCUT2D eigenvalue weighted by Gasteiger charge is -2.04. The lowest BCUT2D eigenvalue weighted by atomic mass is 10.1.